The molecule has 2 N–H and O–H groups in total. The fraction of sp³-hybridized carbons (Fsp3) is 0. The summed E-state index contributed by atoms with van der Waals surface area (Å²) in [6, 6.07) is 0. The first-order valence-corrected chi connectivity index (χ1v) is 2.97. The lowest BCUT2D eigenvalue weighted by atomic mass is 10.5. The number of carbonyl (C=O) groups is 2. The molecular weight excluding hydrogens is 162 g/mol. The number of nitrogens with two attached hydrogens (primary N) is 1. The van der Waals surface area contributed by atoms with E-state index in [0.29, 0.717) is 6.29 Å². The van der Waals surface area contributed by atoms with Gasteiger partial charge in [-0.2, -0.15) is 0 Å². The number of carbonyl (C=O) groups excluding carboxylic acids is 2. The van der Waals surface area contributed by atoms with Gasteiger partial charge in [0.15, 0.2) is 17.9 Å². The van der Waals surface area contributed by atoms with Crippen molar-refractivity contribution in [3.05, 3.63) is 18.2 Å². The Bertz CT molecular complexity index is 295. The van der Waals surface area contributed by atoms with Crippen LogP contribution in [0.4, 0.5) is 4.79 Å². The van der Waals surface area contributed by atoms with E-state index in [0.717, 1.165) is 0 Å². The Hall–Kier alpha value is -1.98. The molecule has 0 spiro atoms. The number of primary amides is 1. The molecule has 0 aliphatic carbocycles. The normalized spacial score (nSPS) is 9.00. The Kier molecular flexibility index (Phi) is 2.32. The van der Waals surface area contributed by atoms with Gasteiger partial charge in [0.1, 0.15) is 0 Å². The van der Waals surface area contributed by atoms with Crippen LogP contribution in [-0.4, -0.2) is 22.3 Å². The lowest BCUT2D eigenvalue weighted by Crippen LogP contribution is -2.16. The molecule has 0 radical (unpaired) electrons. The van der Waals surface area contributed by atoms with Crippen LogP contribution in [0.2, 0.25) is 0 Å². The summed E-state index contributed by atoms with van der Waals surface area (Å²) in [5, 5.41) is 0. The van der Waals surface area contributed by atoms with E-state index in [2.05, 4.69) is 14.7 Å². The molecule has 1 aromatic rings. The lowest BCUT2D eigenvalue weighted by Gasteiger charge is -1.97. The van der Waals surface area contributed by atoms with Crippen molar-refractivity contribution in [2.24, 2.45) is 5.73 Å². The Morgan fingerprint density at radius 3 is 2.50 bits per heavy atom. The van der Waals surface area contributed by atoms with Crippen molar-refractivity contribution in [2.45, 2.75) is 0 Å². The molecule has 0 bridgehead atoms. The predicted molar refractivity (Wildman–Crippen MR) is 37.6 cm³/mol. The average Bonchev–Trinajstić information content (AvgIpc) is 2.05. The lowest BCUT2D eigenvalue weighted by molar-refractivity contribution is 0.111. The molecule has 62 valence electrons. The van der Waals surface area contributed by atoms with Gasteiger partial charge in [0.25, 0.3) is 0 Å². The molecule has 12 heavy (non-hydrogen) atoms. The second-order valence-electron chi connectivity index (χ2n) is 1.82. The quantitative estimate of drug-likeness (QED) is 0.612. The summed E-state index contributed by atoms with van der Waals surface area (Å²) in [4.78, 5) is 27.4. The minimum absolute atomic E-state index is 0.0202. The molecule has 0 saturated heterocycles. The van der Waals surface area contributed by atoms with Gasteiger partial charge in [0.05, 0.1) is 12.4 Å². The van der Waals surface area contributed by atoms with Crippen LogP contribution in [0.1, 0.15) is 10.6 Å². The Labute approximate surface area is 67.4 Å². The number of aldehydes is 1. The van der Waals surface area contributed by atoms with Gasteiger partial charge < -0.3 is 10.5 Å². The second kappa shape index (κ2) is 3.42. The minimum atomic E-state index is -0.947. The van der Waals surface area contributed by atoms with Crippen LogP contribution in [0.15, 0.2) is 12.4 Å². The molecule has 0 fully saturated rings. The first-order valence-electron chi connectivity index (χ1n) is 2.97. The van der Waals surface area contributed by atoms with E-state index in [4.69, 9.17) is 5.73 Å². The van der Waals surface area contributed by atoms with E-state index >= 15 is 0 Å². The molecule has 1 aromatic heterocycles. The molecule has 0 atom stereocenters. The van der Waals surface area contributed by atoms with Crippen LogP contribution < -0.4 is 10.5 Å². The van der Waals surface area contributed by atoms with Crippen LogP contribution in [0.3, 0.4) is 0 Å². The molecule has 0 unspecified atom stereocenters. The summed E-state index contributed by atoms with van der Waals surface area (Å²) in [5.74, 6) is 0.125. The van der Waals surface area contributed by atoms with Gasteiger partial charge in [0, 0.05) is 0 Å². The maximum absolute atomic E-state index is 10.2. The highest BCUT2D eigenvalue weighted by molar-refractivity contribution is 5.69. The molecule has 0 aliphatic rings. The minimum Gasteiger partial charge on any atom is -0.407 e. The maximum atomic E-state index is 10.2. The highest BCUT2D eigenvalue weighted by atomic mass is 16.5. The third-order valence-corrected chi connectivity index (χ3v) is 0.972. The van der Waals surface area contributed by atoms with Crippen LogP contribution >= 0.6 is 0 Å². The van der Waals surface area contributed by atoms with Gasteiger partial charge in [-0.3, -0.25) is 4.79 Å². The van der Waals surface area contributed by atoms with Crippen molar-refractivity contribution in [2.75, 3.05) is 0 Å². The number of hydrogen-bond donors (Lipinski definition) is 1. The zero-order chi connectivity index (χ0) is 8.97. The van der Waals surface area contributed by atoms with E-state index in [1.54, 1.807) is 0 Å². The van der Waals surface area contributed by atoms with Crippen LogP contribution in [0.5, 0.6) is 5.75 Å². The van der Waals surface area contributed by atoms with Gasteiger partial charge in [-0.05, 0) is 0 Å². The van der Waals surface area contributed by atoms with Crippen LogP contribution in [0.25, 0.3) is 0 Å². The fourth-order valence-corrected chi connectivity index (χ4v) is 0.556. The van der Waals surface area contributed by atoms with Gasteiger partial charge in [0.2, 0.25) is 0 Å². The number of aromatic nitrogens is 2. The summed E-state index contributed by atoms with van der Waals surface area (Å²) in [7, 11) is 0. The Balaban J connectivity index is 2.77. The van der Waals surface area contributed by atoms with Crippen molar-refractivity contribution < 1.29 is 14.3 Å². The second-order valence-corrected chi connectivity index (χ2v) is 1.82. The van der Waals surface area contributed by atoms with E-state index < -0.39 is 6.09 Å². The van der Waals surface area contributed by atoms with Gasteiger partial charge in [-0.25, -0.2) is 14.8 Å². The molecular formula is C6H5N3O3. The number of rotatable bonds is 2. The Morgan fingerprint density at radius 1 is 1.50 bits per heavy atom. The van der Waals surface area contributed by atoms with Crippen molar-refractivity contribution in [1.29, 1.82) is 0 Å². The van der Waals surface area contributed by atoms with E-state index in [-0.39, 0.29) is 11.6 Å². The van der Waals surface area contributed by atoms with E-state index in [9.17, 15) is 9.59 Å². The van der Waals surface area contributed by atoms with Gasteiger partial charge in [-0.15, -0.1) is 0 Å². The standard InChI is InChI=1S/C6H5N3O3/c7-6(11)12-4-1-8-5(3-10)9-2-4/h1-3H,(H2,7,11). The first-order chi connectivity index (χ1) is 5.72. The largest absolute Gasteiger partial charge is 0.410 e. The molecule has 6 nitrogen and oxygen atoms in total. The molecule has 0 aliphatic heterocycles. The summed E-state index contributed by atoms with van der Waals surface area (Å²) in [6.45, 7) is 0. The van der Waals surface area contributed by atoms with Gasteiger partial charge in [-0.1, -0.05) is 0 Å². The monoisotopic (exact) mass is 167 g/mol. The summed E-state index contributed by atoms with van der Waals surface area (Å²) >= 11 is 0. The van der Waals surface area contributed by atoms with Crippen LogP contribution in [0, 0.1) is 0 Å². The van der Waals surface area contributed by atoms with Gasteiger partial charge >= 0.3 is 6.09 Å². The molecule has 1 heterocycles. The van der Waals surface area contributed by atoms with Crippen molar-refractivity contribution in [1.82, 2.24) is 9.97 Å². The van der Waals surface area contributed by atoms with E-state index in [1.807, 2.05) is 0 Å². The topological polar surface area (TPSA) is 95.2 Å². The molecule has 1 amide bonds. The summed E-state index contributed by atoms with van der Waals surface area (Å²) in [5.41, 5.74) is 4.71. The summed E-state index contributed by atoms with van der Waals surface area (Å²) in [6.07, 6.45) is 1.90. The first kappa shape index (κ1) is 8.12. The zero-order valence-corrected chi connectivity index (χ0v) is 5.93. The third-order valence-electron chi connectivity index (χ3n) is 0.972. The van der Waals surface area contributed by atoms with Crippen molar-refractivity contribution >= 4 is 12.4 Å². The number of hydrogen-bond acceptors (Lipinski definition) is 5. The zero-order valence-electron chi connectivity index (χ0n) is 5.93. The number of nitrogens with zero attached hydrogens (tertiary/aromatic N) is 2. The highest BCUT2D eigenvalue weighted by Crippen LogP contribution is 2.04. The number of amides is 1. The number of ether oxygens (including phenoxy) is 1. The fourth-order valence-electron chi connectivity index (χ4n) is 0.556. The SMILES string of the molecule is NC(=O)Oc1cnc(C=O)nc1. The van der Waals surface area contributed by atoms with Crippen molar-refractivity contribution in [3.8, 4) is 5.75 Å². The van der Waals surface area contributed by atoms with Crippen LogP contribution in [-0.2, 0) is 0 Å². The highest BCUT2D eigenvalue weighted by Gasteiger charge is 1.99. The molecule has 0 aromatic carbocycles. The average molecular weight is 167 g/mol. The molecule has 6 heteroatoms. The van der Waals surface area contributed by atoms with Crippen molar-refractivity contribution in [3.63, 3.8) is 0 Å². The predicted octanol–water partition coefficient (Wildman–Crippen LogP) is -0.253. The maximum Gasteiger partial charge on any atom is 0.410 e. The smallest absolute Gasteiger partial charge is 0.407 e. The summed E-state index contributed by atoms with van der Waals surface area (Å²) < 4.78 is 4.41. The molecule has 0 saturated carbocycles. The Morgan fingerprint density at radius 2 is 2.08 bits per heavy atom. The van der Waals surface area contributed by atoms with E-state index in [1.165, 1.54) is 12.4 Å². The molecule has 1 rings (SSSR count). The third kappa shape index (κ3) is 2.01.